The Bertz CT molecular complexity index is 625. The summed E-state index contributed by atoms with van der Waals surface area (Å²) in [5.74, 6) is 1.24. The first-order valence-corrected chi connectivity index (χ1v) is 8.16. The van der Waals surface area contributed by atoms with E-state index in [1.807, 2.05) is 36.9 Å². The summed E-state index contributed by atoms with van der Waals surface area (Å²) in [6, 6.07) is 5.81. The van der Waals surface area contributed by atoms with Crippen molar-refractivity contribution in [3.05, 3.63) is 29.3 Å². The Labute approximate surface area is 136 Å². The summed E-state index contributed by atoms with van der Waals surface area (Å²) in [4.78, 5) is 25.4. The third-order valence-electron chi connectivity index (χ3n) is 4.57. The van der Waals surface area contributed by atoms with Gasteiger partial charge >= 0.3 is 0 Å². The molecule has 2 unspecified atom stereocenters. The van der Waals surface area contributed by atoms with Gasteiger partial charge in [0, 0.05) is 18.0 Å². The number of amides is 1. The maximum absolute atomic E-state index is 11.8. The van der Waals surface area contributed by atoms with Crippen LogP contribution in [0.4, 0.5) is 0 Å². The minimum atomic E-state index is -0.123. The molecule has 0 N–H and O–H groups in total. The summed E-state index contributed by atoms with van der Waals surface area (Å²) in [5.41, 5.74) is 1.88. The molecule has 0 aromatic heterocycles. The topological polar surface area (TPSA) is 55.8 Å². The monoisotopic (exact) mass is 317 g/mol. The fourth-order valence-corrected chi connectivity index (χ4v) is 3.23. The molecule has 1 fully saturated rings. The summed E-state index contributed by atoms with van der Waals surface area (Å²) in [6.07, 6.45) is 0.457. The van der Waals surface area contributed by atoms with Crippen LogP contribution in [-0.4, -0.2) is 48.5 Å². The Balaban J connectivity index is 1.62. The zero-order valence-electron chi connectivity index (χ0n) is 13.9. The minimum Gasteiger partial charge on any atom is -0.491 e. The van der Waals surface area contributed by atoms with E-state index < -0.39 is 0 Å². The number of morpholine rings is 1. The van der Waals surface area contributed by atoms with E-state index in [4.69, 9.17) is 9.47 Å². The zero-order valence-corrected chi connectivity index (χ0v) is 13.9. The van der Waals surface area contributed by atoms with Crippen molar-refractivity contribution >= 4 is 11.7 Å². The molecule has 2 aliphatic rings. The highest BCUT2D eigenvalue weighted by Gasteiger charge is 2.29. The summed E-state index contributed by atoms with van der Waals surface area (Å²) >= 11 is 0. The van der Waals surface area contributed by atoms with Crippen LogP contribution in [0.1, 0.15) is 49.0 Å². The van der Waals surface area contributed by atoms with Crippen LogP contribution in [0.25, 0.3) is 0 Å². The Morgan fingerprint density at radius 2 is 2.13 bits per heavy atom. The molecule has 1 aliphatic heterocycles. The van der Waals surface area contributed by atoms with E-state index in [-0.39, 0.29) is 36.4 Å². The summed E-state index contributed by atoms with van der Waals surface area (Å²) in [6.45, 7) is 7.12. The van der Waals surface area contributed by atoms with Crippen molar-refractivity contribution in [1.82, 2.24) is 4.90 Å². The summed E-state index contributed by atoms with van der Waals surface area (Å²) in [5, 5.41) is 0. The van der Waals surface area contributed by atoms with Gasteiger partial charge in [-0.05, 0) is 43.5 Å². The van der Waals surface area contributed by atoms with E-state index in [9.17, 15) is 9.59 Å². The van der Waals surface area contributed by atoms with E-state index in [0.717, 1.165) is 16.9 Å². The number of ketones is 1. The van der Waals surface area contributed by atoms with E-state index in [1.165, 1.54) is 0 Å². The smallest absolute Gasteiger partial charge is 0.248 e. The number of carbonyl (C=O) groups is 2. The van der Waals surface area contributed by atoms with Crippen LogP contribution in [0.3, 0.4) is 0 Å². The van der Waals surface area contributed by atoms with Crippen LogP contribution in [0.5, 0.6) is 5.75 Å². The molecule has 0 spiro atoms. The summed E-state index contributed by atoms with van der Waals surface area (Å²) in [7, 11) is 0. The van der Waals surface area contributed by atoms with Crippen molar-refractivity contribution in [2.45, 2.75) is 45.3 Å². The van der Waals surface area contributed by atoms with Gasteiger partial charge in [-0.2, -0.15) is 0 Å². The lowest BCUT2D eigenvalue weighted by molar-refractivity contribution is -0.153. The molecule has 1 saturated heterocycles. The van der Waals surface area contributed by atoms with E-state index in [2.05, 4.69) is 6.92 Å². The Kier molecular flexibility index (Phi) is 4.39. The fourth-order valence-electron chi connectivity index (χ4n) is 3.23. The highest BCUT2D eigenvalue weighted by atomic mass is 16.5. The van der Waals surface area contributed by atoms with Gasteiger partial charge in [-0.25, -0.2) is 0 Å². The molecule has 5 nitrogen and oxygen atoms in total. The third-order valence-corrected chi connectivity index (χ3v) is 4.57. The van der Waals surface area contributed by atoms with Gasteiger partial charge in [-0.15, -0.1) is 0 Å². The van der Waals surface area contributed by atoms with Gasteiger partial charge in [0.25, 0.3) is 0 Å². The Hall–Kier alpha value is -1.88. The van der Waals surface area contributed by atoms with Gasteiger partial charge in [0.1, 0.15) is 25.1 Å². The van der Waals surface area contributed by atoms with E-state index in [1.54, 1.807) is 0 Å². The molecule has 1 aromatic carbocycles. The molecule has 23 heavy (non-hydrogen) atoms. The quantitative estimate of drug-likeness (QED) is 0.855. The normalized spacial score (nSPS) is 24.3. The first-order valence-electron chi connectivity index (χ1n) is 8.16. The number of ether oxygens (including phenoxy) is 2. The molecule has 1 heterocycles. The molecular formula is C18H23NO4. The molecule has 124 valence electrons. The fraction of sp³-hybridized carbons (Fsp3) is 0.556. The molecule has 5 heteroatoms. The van der Waals surface area contributed by atoms with Gasteiger partial charge in [0.05, 0.1) is 6.54 Å². The van der Waals surface area contributed by atoms with Gasteiger partial charge < -0.3 is 14.4 Å². The van der Waals surface area contributed by atoms with Crippen molar-refractivity contribution in [3.63, 3.8) is 0 Å². The molecule has 0 radical (unpaired) electrons. The van der Waals surface area contributed by atoms with Gasteiger partial charge in [-0.1, -0.05) is 6.92 Å². The van der Waals surface area contributed by atoms with E-state index >= 15 is 0 Å². The maximum atomic E-state index is 11.8. The number of carbonyl (C=O) groups excluding carboxylic acids is 2. The average Bonchev–Trinajstić information content (AvgIpc) is 2.80. The summed E-state index contributed by atoms with van der Waals surface area (Å²) < 4.78 is 11.4. The molecular weight excluding hydrogens is 294 g/mol. The first-order chi connectivity index (χ1) is 11.0. The largest absolute Gasteiger partial charge is 0.491 e. The molecule has 2 atom stereocenters. The third kappa shape index (κ3) is 3.24. The zero-order chi connectivity index (χ0) is 16.6. The van der Waals surface area contributed by atoms with Gasteiger partial charge in [0.2, 0.25) is 5.91 Å². The lowest BCUT2D eigenvalue weighted by Crippen LogP contribution is -2.51. The Morgan fingerprint density at radius 3 is 2.87 bits per heavy atom. The number of Topliss-reactive ketones (excluding diaryl/α,β-unsaturated/α-hetero) is 1. The van der Waals surface area contributed by atoms with E-state index in [0.29, 0.717) is 19.6 Å². The molecule has 0 bridgehead atoms. The second kappa shape index (κ2) is 6.32. The predicted octanol–water partition coefficient (Wildman–Crippen LogP) is 2.39. The van der Waals surface area contributed by atoms with Crippen molar-refractivity contribution in [1.29, 1.82) is 0 Å². The molecule has 1 amide bonds. The number of hydrogen-bond donors (Lipinski definition) is 0. The number of hydrogen-bond acceptors (Lipinski definition) is 4. The molecule has 3 rings (SSSR count). The molecule has 1 aromatic rings. The van der Waals surface area contributed by atoms with Gasteiger partial charge in [0.15, 0.2) is 5.78 Å². The Morgan fingerprint density at radius 1 is 1.35 bits per heavy atom. The van der Waals surface area contributed by atoms with Crippen LogP contribution < -0.4 is 4.74 Å². The first kappa shape index (κ1) is 16.0. The second-order valence-electron chi connectivity index (χ2n) is 6.66. The van der Waals surface area contributed by atoms with Crippen molar-refractivity contribution < 1.29 is 19.1 Å². The highest BCUT2D eigenvalue weighted by Crippen LogP contribution is 2.34. The molecule has 1 aliphatic carbocycles. The average molecular weight is 317 g/mol. The maximum Gasteiger partial charge on any atom is 0.248 e. The lowest BCUT2D eigenvalue weighted by atomic mass is 10.0. The lowest BCUT2D eigenvalue weighted by Gasteiger charge is -2.35. The SMILES string of the molecule is CC1CC(=O)c2ccc(OCC3CN(C(C)C)C(=O)CO3)cc21. The second-order valence-corrected chi connectivity index (χ2v) is 6.66. The number of rotatable bonds is 4. The molecule has 0 saturated carbocycles. The minimum absolute atomic E-state index is 0.0288. The predicted molar refractivity (Wildman–Crippen MR) is 85.9 cm³/mol. The van der Waals surface area contributed by atoms with Crippen LogP contribution in [-0.2, 0) is 9.53 Å². The van der Waals surface area contributed by atoms with Gasteiger partial charge in [-0.3, -0.25) is 9.59 Å². The highest BCUT2D eigenvalue weighted by molar-refractivity contribution is 6.01. The number of benzene rings is 1. The van der Waals surface area contributed by atoms with Crippen molar-refractivity contribution in [2.75, 3.05) is 19.8 Å². The number of nitrogens with zero attached hydrogens (tertiary/aromatic N) is 1. The standard InChI is InChI=1S/C18H23NO4/c1-11(2)19-8-14(23-10-18(19)21)9-22-13-4-5-15-16(7-13)12(3)6-17(15)20/h4-5,7,11-12,14H,6,8-10H2,1-3H3. The van der Waals surface area contributed by atoms with Crippen molar-refractivity contribution in [3.8, 4) is 5.75 Å². The van der Waals surface area contributed by atoms with Crippen LogP contribution >= 0.6 is 0 Å². The van der Waals surface area contributed by atoms with Crippen LogP contribution in [0.15, 0.2) is 18.2 Å². The number of fused-ring (bicyclic) bond motifs is 1. The van der Waals surface area contributed by atoms with Crippen LogP contribution in [0.2, 0.25) is 0 Å². The van der Waals surface area contributed by atoms with Crippen LogP contribution in [0, 0.1) is 0 Å². The van der Waals surface area contributed by atoms with Crippen molar-refractivity contribution in [2.24, 2.45) is 0 Å².